The molecule has 1 amide bonds. The van der Waals surface area contributed by atoms with Crippen LogP contribution in [-0.2, 0) is 4.79 Å². The fraction of sp³-hybridized carbons (Fsp3) is 0.429. The average Bonchev–Trinajstić information content (AvgIpc) is 2.36. The number of aromatic carboxylic acids is 1. The van der Waals surface area contributed by atoms with Gasteiger partial charge >= 0.3 is 5.97 Å². The molecular weight excluding hydrogens is 260 g/mol. The number of nitrogens with two attached hydrogens (primary N) is 1. The van der Waals surface area contributed by atoms with Gasteiger partial charge in [-0.25, -0.2) is 4.79 Å². The van der Waals surface area contributed by atoms with Crippen LogP contribution in [0.5, 0.6) is 5.75 Å². The number of rotatable bonds is 6. The fourth-order valence-electron chi connectivity index (χ4n) is 1.45. The van der Waals surface area contributed by atoms with Gasteiger partial charge in [0, 0.05) is 11.7 Å². The molecule has 0 aliphatic heterocycles. The Kier molecular flexibility index (Phi) is 5.37. The SMILES string of the molecule is CC(C)C(C)NC(=O)COc1ccc(N)cc1C(=O)O. The Bertz CT molecular complexity index is 500. The van der Waals surface area contributed by atoms with E-state index in [0.717, 1.165) is 0 Å². The third kappa shape index (κ3) is 4.46. The highest BCUT2D eigenvalue weighted by Crippen LogP contribution is 2.21. The monoisotopic (exact) mass is 280 g/mol. The lowest BCUT2D eigenvalue weighted by Crippen LogP contribution is -2.39. The number of carboxylic acid groups (broad SMARTS) is 1. The van der Waals surface area contributed by atoms with Crippen molar-refractivity contribution < 1.29 is 19.4 Å². The molecule has 0 bridgehead atoms. The van der Waals surface area contributed by atoms with Crippen molar-refractivity contribution >= 4 is 17.6 Å². The number of nitrogen functional groups attached to an aromatic ring is 1. The normalized spacial score (nSPS) is 12.0. The number of anilines is 1. The van der Waals surface area contributed by atoms with Gasteiger partial charge in [-0.2, -0.15) is 0 Å². The van der Waals surface area contributed by atoms with Crippen LogP contribution in [0, 0.1) is 5.92 Å². The highest BCUT2D eigenvalue weighted by Gasteiger charge is 2.15. The lowest BCUT2D eigenvalue weighted by molar-refractivity contribution is -0.124. The number of nitrogens with one attached hydrogen (secondary N) is 1. The summed E-state index contributed by atoms with van der Waals surface area (Å²) in [4.78, 5) is 22.7. The van der Waals surface area contributed by atoms with Gasteiger partial charge in [0.1, 0.15) is 11.3 Å². The summed E-state index contributed by atoms with van der Waals surface area (Å²) in [6, 6.07) is 4.29. The van der Waals surface area contributed by atoms with Crippen molar-refractivity contribution in [3.63, 3.8) is 0 Å². The summed E-state index contributed by atoms with van der Waals surface area (Å²) in [7, 11) is 0. The standard InChI is InChI=1S/C14H20N2O4/c1-8(2)9(3)16-13(17)7-20-12-5-4-10(15)6-11(12)14(18)19/h4-6,8-9H,7,15H2,1-3H3,(H,16,17)(H,18,19). The Morgan fingerprint density at radius 2 is 2.00 bits per heavy atom. The predicted molar refractivity (Wildman–Crippen MR) is 75.8 cm³/mol. The van der Waals surface area contributed by atoms with E-state index in [0.29, 0.717) is 11.6 Å². The van der Waals surface area contributed by atoms with Crippen LogP contribution in [0.15, 0.2) is 18.2 Å². The molecule has 0 fully saturated rings. The van der Waals surface area contributed by atoms with Gasteiger partial charge in [0.05, 0.1) is 0 Å². The quantitative estimate of drug-likeness (QED) is 0.685. The summed E-state index contributed by atoms with van der Waals surface area (Å²) in [6.45, 7) is 5.65. The lowest BCUT2D eigenvalue weighted by atomic mass is 10.1. The van der Waals surface area contributed by atoms with Crippen molar-refractivity contribution in [3.05, 3.63) is 23.8 Å². The second-order valence-corrected chi connectivity index (χ2v) is 4.95. The third-order valence-electron chi connectivity index (χ3n) is 2.98. The second kappa shape index (κ2) is 6.79. The van der Waals surface area contributed by atoms with Crippen LogP contribution in [-0.4, -0.2) is 29.6 Å². The van der Waals surface area contributed by atoms with Crippen LogP contribution in [0.3, 0.4) is 0 Å². The molecule has 0 radical (unpaired) electrons. The van der Waals surface area contributed by atoms with Crippen molar-refractivity contribution in [1.82, 2.24) is 5.32 Å². The highest BCUT2D eigenvalue weighted by molar-refractivity contribution is 5.92. The molecule has 0 saturated heterocycles. The third-order valence-corrected chi connectivity index (χ3v) is 2.98. The maximum absolute atomic E-state index is 11.7. The minimum Gasteiger partial charge on any atom is -0.483 e. The van der Waals surface area contributed by atoms with Crippen molar-refractivity contribution in [1.29, 1.82) is 0 Å². The van der Waals surface area contributed by atoms with Crippen LogP contribution in [0.4, 0.5) is 5.69 Å². The van der Waals surface area contributed by atoms with Crippen LogP contribution in [0.1, 0.15) is 31.1 Å². The first-order valence-corrected chi connectivity index (χ1v) is 6.36. The first-order valence-electron chi connectivity index (χ1n) is 6.36. The molecule has 0 aliphatic carbocycles. The molecule has 110 valence electrons. The molecule has 0 spiro atoms. The molecule has 20 heavy (non-hydrogen) atoms. The molecule has 0 saturated carbocycles. The zero-order chi connectivity index (χ0) is 15.3. The molecule has 0 aliphatic rings. The largest absolute Gasteiger partial charge is 0.483 e. The van der Waals surface area contributed by atoms with Crippen LogP contribution in [0.25, 0.3) is 0 Å². The van der Waals surface area contributed by atoms with Gasteiger partial charge < -0.3 is 20.9 Å². The topological polar surface area (TPSA) is 102 Å². The van der Waals surface area contributed by atoms with Gasteiger partial charge in [-0.15, -0.1) is 0 Å². The van der Waals surface area contributed by atoms with Crippen LogP contribution >= 0.6 is 0 Å². The summed E-state index contributed by atoms with van der Waals surface area (Å²) in [5.41, 5.74) is 5.79. The second-order valence-electron chi connectivity index (χ2n) is 4.95. The molecule has 6 heteroatoms. The molecule has 1 atom stereocenters. The predicted octanol–water partition coefficient (Wildman–Crippen LogP) is 1.51. The number of carbonyl (C=O) groups excluding carboxylic acids is 1. The molecule has 1 aromatic rings. The van der Waals surface area contributed by atoms with Gasteiger partial charge in [0.15, 0.2) is 6.61 Å². The minimum absolute atomic E-state index is 0.0245. The highest BCUT2D eigenvalue weighted by atomic mass is 16.5. The van der Waals surface area contributed by atoms with E-state index in [9.17, 15) is 9.59 Å². The summed E-state index contributed by atoms with van der Waals surface area (Å²) in [5, 5.41) is 11.8. The number of benzene rings is 1. The first-order chi connectivity index (χ1) is 9.31. The number of amides is 1. The number of hydrogen-bond donors (Lipinski definition) is 3. The number of hydrogen-bond acceptors (Lipinski definition) is 4. The van der Waals surface area contributed by atoms with E-state index in [4.69, 9.17) is 15.6 Å². The van der Waals surface area contributed by atoms with E-state index in [2.05, 4.69) is 5.32 Å². The summed E-state index contributed by atoms with van der Waals surface area (Å²) in [6.07, 6.45) is 0. The maximum atomic E-state index is 11.7. The summed E-state index contributed by atoms with van der Waals surface area (Å²) >= 11 is 0. The van der Waals surface area contributed by atoms with Crippen molar-refractivity contribution in [3.8, 4) is 5.75 Å². The molecule has 0 aromatic heterocycles. The molecule has 4 N–H and O–H groups in total. The Morgan fingerprint density at radius 1 is 1.35 bits per heavy atom. The number of ether oxygens (including phenoxy) is 1. The Hall–Kier alpha value is -2.24. The minimum atomic E-state index is -1.15. The van der Waals surface area contributed by atoms with Gasteiger partial charge in [0.25, 0.3) is 5.91 Å². The lowest BCUT2D eigenvalue weighted by Gasteiger charge is -2.17. The van der Waals surface area contributed by atoms with Crippen molar-refractivity contribution in [2.45, 2.75) is 26.8 Å². The first kappa shape index (κ1) is 15.8. The van der Waals surface area contributed by atoms with Crippen LogP contribution < -0.4 is 15.8 Å². The molecule has 0 heterocycles. The summed E-state index contributed by atoms with van der Waals surface area (Å²) in [5.74, 6) is -1.01. The van der Waals surface area contributed by atoms with E-state index >= 15 is 0 Å². The van der Waals surface area contributed by atoms with Gasteiger partial charge in [-0.3, -0.25) is 4.79 Å². The van der Waals surface area contributed by atoms with E-state index in [-0.39, 0.29) is 29.9 Å². The van der Waals surface area contributed by atoms with E-state index in [1.165, 1.54) is 18.2 Å². The molecule has 1 unspecified atom stereocenters. The molecule has 1 aromatic carbocycles. The Labute approximate surface area is 117 Å². The van der Waals surface area contributed by atoms with E-state index < -0.39 is 5.97 Å². The van der Waals surface area contributed by atoms with Crippen LogP contribution in [0.2, 0.25) is 0 Å². The average molecular weight is 280 g/mol. The summed E-state index contributed by atoms with van der Waals surface area (Å²) < 4.78 is 5.25. The molecule has 6 nitrogen and oxygen atoms in total. The Morgan fingerprint density at radius 3 is 2.55 bits per heavy atom. The van der Waals surface area contributed by atoms with Crippen molar-refractivity contribution in [2.24, 2.45) is 5.92 Å². The van der Waals surface area contributed by atoms with E-state index in [1.807, 2.05) is 20.8 Å². The number of carbonyl (C=O) groups is 2. The van der Waals surface area contributed by atoms with Gasteiger partial charge in [-0.05, 0) is 31.0 Å². The Balaban J connectivity index is 2.66. The molecule has 1 rings (SSSR count). The van der Waals surface area contributed by atoms with Crippen molar-refractivity contribution in [2.75, 3.05) is 12.3 Å². The zero-order valence-corrected chi connectivity index (χ0v) is 11.8. The smallest absolute Gasteiger partial charge is 0.339 e. The zero-order valence-electron chi connectivity index (χ0n) is 11.8. The fourth-order valence-corrected chi connectivity index (χ4v) is 1.45. The van der Waals surface area contributed by atoms with Gasteiger partial charge in [0.2, 0.25) is 0 Å². The number of carboxylic acids is 1. The van der Waals surface area contributed by atoms with Gasteiger partial charge in [-0.1, -0.05) is 13.8 Å². The van der Waals surface area contributed by atoms with E-state index in [1.54, 1.807) is 0 Å². The maximum Gasteiger partial charge on any atom is 0.339 e. The molecular formula is C14H20N2O4.